The Kier molecular flexibility index (Phi) is 4.26. The molecule has 0 unspecified atom stereocenters. The molecule has 6 heteroatoms. The van der Waals surface area contributed by atoms with Gasteiger partial charge in [0.1, 0.15) is 0 Å². The number of ether oxygens (including phenoxy) is 1. The Morgan fingerprint density at radius 2 is 2.10 bits per heavy atom. The zero-order chi connectivity index (χ0) is 14.7. The molecule has 6 nitrogen and oxygen atoms in total. The highest BCUT2D eigenvalue weighted by Crippen LogP contribution is 2.30. The molecular formula is C15H22N4O2. The Labute approximate surface area is 124 Å². The smallest absolute Gasteiger partial charge is 0.224 e. The maximum Gasteiger partial charge on any atom is 0.224 e. The number of fused-ring (bicyclic) bond motifs is 1. The molecule has 0 aliphatic carbocycles. The minimum atomic E-state index is 0.0755. The van der Waals surface area contributed by atoms with Gasteiger partial charge in [0.15, 0.2) is 0 Å². The Morgan fingerprint density at radius 1 is 1.29 bits per heavy atom. The number of carbonyl (C=O) groups excluding carboxylic acids is 1. The Hall–Kier alpha value is -1.79. The summed E-state index contributed by atoms with van der Waals surface area (Å²) < 4.78 is 5.33. The maximum atomic E-state index is 11.5. The third-order valence-electron chi connectivity index (χ3n) is 4.02. The summed E-state index contributed by atoms with van der Waals surface area (Å²) in [6.45, 7) is 5.39. The van der Waals surface area contributed by atoms with Crippen LogP contribution in [0.5, 0.6) is 0 Å². The number of amides is 1. The molecule has 0 atom stereocenters. The average Bonchev–Trinajstić information content (AvgIpc) is 2.49. The van der Waals surface area contributed by atoms with E-state index in [1.165, 1.54) is 0 Å². The first kappa shape index (κ1) is 14.2. The van der Waals surface area contributed by atoms with E-state index in [2.05, 4.69) is 15.5 Å². The van der Waals surface area contributed by atoms with E-state index in [-0.39, 0.29) is 5.91 Å². The SMILES string of the molecule is Nc1cc2c(cc1NCCN1CCOCC1)NC(=O)CC2. The lowest BCUT2D eigenvalue weighted by atomic mass is 10.0. The van der Waals surface area contributed by atoms with Gasteiger partial charge in [-0.05, 0) is 24.1 Å². The predicted molar refractivity (Wildman–Crippen MR) is 83.6 cm³/mol. The van der Waals surface area contributed by atoms with E-state index >= 15 is 0 Å². The average molecular weight is 290 g/mol. The van der Waals surface area contributed by atoms with Crippen molar-refractivity contribution in [2.24, 2.45) is 0 Å². The van der Waals surface area contributed by atoms with Crippen LogP contribution in [0.2, 0.25) is 0 Å². The fourth-order valence-electron chi connectivity index (χ4n) is 2.77. The standard InChI is InChI=1S/C15H22N4O2/c16-12-9-11-1-2-15(20)18-13(11)10-14(12)17-3-4-19-5-7-21-8-6-19/h9-10,17H,1-8,16H2,(H,18,20). The van der Waals surface area contributed by atoms with Gasteiger partial charge in [0, 0.05) is 38.3 Å². The summed E-state index contributed by atoms with van der Waals surface area (Å²) >= 11 is 0. The van der Waals surface area contributed by atoms with E-state index in [1.54, 1.807) is 0 Å². The number of nitrogens with two attached hydrogens (primary N) is 1. The molecule has 0 aromatic heterocycles. The minimum Gasteiger partial charge on any atom is -0.397 e. The number of anilines is 3. The molecule has 1 aromatic carbocycles. The molecule has 2 aliphatic rings. The molecule has 114 valence electrons. The topological polar surface area (TPSA) is 79.6 Å². The van der Waals surface area contributed by atoms with E-state index in [9.17, 15) is 4.79 Å². The van der Waals surface area contributed by atoms with E-state index < -0.39 is 0 Å². The number of benzene rings is 1. The Bertz CT molecular complexity index is 527. The van der Waals surface area contributed by atoms with Crippen LogP contribution < -0.4 is 16.4 Å². The second kappa shape index (κ2) is 6.32. The van der Waals surface area contributed by atoms with Gasteiger partial charge in [0.2, 0.25) is 5.91 Å². The van der Waals surface area contributed by atoms with Gasteiger partial charge in [-0.1, -0.05) is 0 Å². The fourth-order valence-corrected chi connectivity index (χ4v) is 2.77. The highest BCUT2D eigenvalue weighted by atomic mass is 16.5. The molecule has 2 aliphatic heterocycles. The quantitative estimate of drug-likeness (QED) is 0.718. The molecule has 0 bridgehead atoms. The monoisotopic (exact) mass is 290 g/mol. The van der Waals surface area contributed by atoms with Crippen molar-refractivity contribution in [3.63, 3.8) is 0 Å². The Morgan fingerprint density at radius 3 is 2.90 bits per heavy atom. The van der Waals surface area contributed by atoms with Crippen LogP contribution in [0.1, 0.15) is 12.0 Å². The van der Waals surface area contributed by atoms with Crippen molar-refractivity contribution in [2.75, 3.05) is 55.8 Å². The van der Waals surface area contributed by atoms with Gasteiger partial charge in [-0.15, -0.1) is 0 Å². The number of hydrogen-bond donors (Lipinski definition) is 3. The van der Waals surface area contributed by atoms with Gasteiger partial charge < -0.3 is 21.1 Å². The first-order valence-electron chi connectivity index (χ1n) is 7.48. The summed E-state index contributed by atoms with van der Waals surface area (Å²) in [6.07, 6.45) is 1.30. The highest BCUT2D eigenvalue weighted by Gasteiger charge is 2.16. The number of morpholine rings is 1. The lowest BCUT2D eigenvalue weighted by molar-refractivity contribution is -0.116. The molecular weight excluding hydrogens is 268 g/mol. The third-order valence-corrected chi connectivity index (χ3v) is 4.02. The lowest BCUT2D eigenvalue weighted by Crippen LogP contribution is -2.39. The molecule has 1 aromatic rings. The van der Waals surface area contributed by atoms with Crippen molar-refractivity contribution in [1.29, 1.82) is 0 Å². The number of hydrogen-bond acceptors (Lipinski definition) is 5. The third kappa shape index (κ3) is 3.46. The molecule has 2 heterocycles. The molecule has 1 fully saturated rings. The predicted octanol–water partition coefficient (Wildman–Crippen LogP) is 0.898. The zero-order valence-electron chi connectivity index (χ0n) is 12.2. The van der Waals surface area contributed by atoms with E-state index in [0.29, 0.717) is 6.42 Å². The summed E-state index contributed by atoms with van der Waals surface area (Å²) in [5.41, 5.74) is 9.73. The molecule has 21 heavy (non-hydrogen) atoms. The maximum absolute atomic E-state index is 11.5. The first-order valence-corrected chi connectivity index (χ1v) is 7.48. The van der Waals surface area contributed by atoms with Crippen molar-refractivity contribution in [2.45, 2.75) is 12.8 Å². The van der Waals surface area contributed by atoms with Crippen LogP contribution >= 0.6 is 0 Å². The number of nitrogens with one attached hydrogen (secondary N) is 2. The van der Waals surface area contributed by atoms with Crippen LogP contribution in [0, 0.1) is 0 Å². The molecule has 1 amide bonds. The second-order valence-electron chi connectivity index (χ2n) is 5.53. The summed E-state index contributed by atoms with van der Waals surface area (Å²) in [5, 5.41) is 6.27. The summed E-state index contributed by atoms with van der Waals surface area (Å²) in [7, 11) is 0. The van der Waals surface area contributed by atoms with Crippen LogP contribution in [0.3, 0.4) is 0 Å². The van der Waals surface area contributed by atoms with E-state index in [4.69, 9.17) is 10.5 Å². The van der Waals surface area contributed by atoms with Gasteiger partial charge in [0.05, 0.1) is 24.6 Å². The summed E-state index contributed by atoms with van der Waals surface area (Å²) in [4.78, 5) is 13.8. The van der Waals surface area contributed by atoms with Crippen LogP contribution in [-0.2, 0) is 16.0 Å². The highest BCUT2D eigenvalue weighted by molar-refractivity contribution is 5.95. The fraction of sp³-hybridized carbons (Fsp3) is 0.533. The van der Waals surface area contributed by atoms with Gasteiger partial charge in [-0.2, -0.15) is 0 Å². The largest absolute Gasteiger partial charge is 0.397 e. The molecule has 4 N–H and O–H groups in total. The van der Waals surface area contributed by atoms with Gasteiger partial charge in [-0.25, -0.2) is 0 Å². The number of rotatable bonds is 4. The van der Waals surface area contributed by atoms with Gasteiger partial charge in [-0.3, -0.25) is 9.69 Å². The van der Waals surface area contributed by atoms with E-state index in [0.717, 1.165) is 68.4 Å². The lowest BCUT2D eigenvalue weighted by Gasteiger charge is -2.27. The molecule has 1 saturated heterocycles. The zero-order valence-corrected chi connectivity index (χ0v) is 12.2. The van der Waals surface area contributed by atoms with Crippen LogP contribution in [0.25, 0.3) is 0 Å². The normalized spacial score (nSPS) is 19.0. The van der Waals surface area contributed by atoms with Crippen LogP contribution in [0.15, 0.2) is 12.1 Å². The number of carbonyl (C=O) groups is 1. The van der Waals surface area contributed by atoms with Crippen molar-refractivity contribution in [3.8, 4) is 0 Å². The first-order chi connectivity index (χ1) is 10.2. The number of aryl methyl sites for hydroxylation is 1. The number of nitrogens with zero attached hydrogens (tertiary/aromatic N) is 1. The van der Waals surface area contributed by atoms with Crippen molar-refractivity contribution in [3.05, 3.63) is 17.7 Å². The molecule has 0 radical (unpaired) electrons. The van der Waals surface area contributed by atoms with Crippen molar-refractivity contribution in [1.82, 2.24) is 4.90 Å². The summed E-state index contributed by atoms with van der Waals surface area (Å²) in [6, 6.07) is 3.91. The minimum absolute atomic E-state index is 0.0755. The van der Waals surface area contributed by atoms with Gasteiger partial charge in [0.25, 0.3) is 0 Å². The molecule has 0 saturated carbocycles. The summed E-state index contributed by atoms with van der Waals surface area (Å²) in [5.74, 6) is 0.0755. The van der Waals surface area contributed by atoms with E-state index in [1.807, 2.05) is 12.1 Å². The van der Waals surface area contributed by atoms with Gasteiger partial charge >= 0.3 is 0 Å². The number of nitrogen functional groups attached to an aromatic ring is 1. The second-order valence-corrected chi connectivity index (χ2v) is 5.53. The molecule has 3 rings (SSSR count). The van der Waals surface area contributed by atoms with Crippen LogP contribution in [0.4, 0.5) is 17.1 Å². The Balaban J connectivity index is 1.59. The van der Waals surface area contributed by atoms with Crippen LogP contribution in [-0.4, -0.2) is 50.2 Å². The van der Waals surface area contributed by atoms with Crippen molar-refractivity contribution >= 4 is 23.0 Å². The molecule has 0 spiro atoms. The van der Waals surface area contributed by atoms with Crippen molar-refractivity contribution < 1.29 is 9.53 Å².